The fourth-order valence-electron chi connectivity index (χ4n) is 2.23. The molecular formula is C14H15N3. The van der Waals surface area contributed by atoms with Crippen molar-refractivity contribution in [1.82, 2.24) is 15.3 Å². The Kier molecular flexibility index (Phi) is 2.84. The molecule has 0 aliphatic carbocycles. The van der Waals surface area contributed by atoms with E-state index in [4.69, 9.17) is 0 Å². The Morgan fingerprint density at radius 2 is 2.00 bits per heavy atom. The zero-order valence-corrected chi connectivity index (χ0v) is 9.63. The fraction of sp³-hybridized carbons (Fsp3) is 0.286. The lowest BCUT2D eigenvalue weighted by molar-refractivity contribution is 0.626. The van der Waals surface area contributed by atoms with Crippen LogP contribution in [0.3, 0.4) is 0 Å². The minimum absolute atomic E-state index is 0.403. The van der Waals surface area contributed by atoms with Gasteiger partial charge in [0.1, 0.15) is 0 Å². The van der Waals surface area contributed by atoms with Gasteiger partial charge in [0.25, 0.3) is 0 Å². The van der Waals surface area contributed by atoms with Gasteiger partial charge in [0.15, 0.2) is 5.82 Å². The molecule has 1 N–H and O–H groups in total. The van der Waals surface area contributed by atoms with Gasteiger partial charge in [-0.05, 0) is 25.5 Å². The largest absolute Gasteiger partial charge is 0.309 e. The number of aromatic nitrogens is 2. The quantitative estimate of drug-likeness (QED) is 0.853. The molecule has 0 bridgehead atoms. The van der Waals surface area contributed by atoms with Crippen molar-refractivity contribution in [3.63, 3.8) is 0 Å². The lowest BCUT2D eigenvalue weighted by atomic mass is 10.1. The van der Waals surface area contributed by atoms with Crippen LogP contribution in [0.1, 0.15) is 24.6 Å². The van der Waals surface area contributed by atoms with Gasteiger partial charge in [0.2, 0.25) is 0 Å². The molecule has 0 spiro atoms. The average molecular weight is 225 g/mol. The maximum Gasteiger partial charge on any atom is 0.159 e. The van der Waals surface area contributed by atoms with Crippen LogP contribution >= 0.6 is 0 Å². The van der Waals surface area contributed by atoms with E-state index in [9.17, 15) is 0 Å². The summed E-state index contributed by atoms with van der Waals surface area (Å²) in [5, 5.41) is 3.46. The predicted octanol–water partition coefficient (Wildman–Crippen LogP) is 2.57. The number of hydrogen-bond acceptors (Lipinski definition) is 3. The van der Waals surface area contributed by atoms with Crippen molar-refractivity contribution >= 4 is 0 Å². The van der Waals surface area contributed by atoms with Crippen molar-refractivity contribution < 1.29 is 0 Å². The third-order valence-electron chi connectivity index (χ3n) is 3.13. The summed E-state index contributed by atoms with van der Waals surface area (Å²) in [6.45, 7) is 1.09. The van der Waals surface area contributed by atoms with Crippen LogP contribution in [0.4, 0.5) is 0 Å². The van der Waals surface area contributed by atoms with Gasteiger partial charge in [-0.3, -0.25) is 0 Å². The van der Waals surface area contributed by atoms with Gasteiger partial charge in [0.05, 0.1) is 5.69 Å². The van der Waals surface area contributed by atoms with Crippen LogP contribution in [0, 0.1) is 0 Å². The maximum atomic E-state index is 4.65. The van der Waals surface area contributed by atoms with Crippen LogP contribution in [-0.4, -0.2) is 16.5 Å². The molecule has 3 heteroatoms. The Morgan fingerprint density at radius 3 is 2.76 bits per heavy atom. The molecular weight excluding hydrogens is 210 g/mol. The third kappa shape index (κ3) is 2.19. The summed E-state index contributed by atoms with van der Waals surface area (Å²) >= 11 is 0. The first kappa shape index (κ1) is 10.4. The average Bonchev–Trinajstić information content (AvgIpc) is 2.94. The molecule has 1 fully saturated rings. The van der Waals surface area contributed by atoms with Gasteiger partial charge in [-0.1, -0.05) is 30.3 Å². The van der Waals surface area contributed by atoms with E-state index in [0.717, 1.165) is 23.6 Å². The smallest absolute Gasteiger partial charge is 0.159 e. The zero-order chi connectivity index (χ0) is 11.5. The van der Waals surface area contributed by atoms with E-state index in [1.807, 2.05) is 42.6 Å². The Morgan fingerprint density at radius 1 is 1.12 bits per heavy atom. The van der Waals surface area contributed by atoms with Crippen LogP contribution in [0.25, 0.3) is 11.4 Å². The number of benzene rings is 1. The van der Waals surface area contributed by atoms with Crippen molar-refractivity contribution in [1.29, 1.82) is 0 Å². The van der Waals surface area contributed by atoms with Crippen molar-refractivity contribution in [3.8, 4) is 11.4 Å². The summed E-state index contributed by atoms with van der Waals surface area (Å²) in [7, 11) is 0. The third-order valence-corrected chi connectivity index (χ3v) is 3.13. The first-order chi connectivity index (χ1) is 8.43. The number of nitrogens with zero attached hydrogens (tertiary/aromatic N) is 2. The molecule has 0 amide bonds. The van der Waals surface area contributed by atoms with Crippen LogP contribution < -0.4 is 5.32 Å². The Hall–Kier alpha value is -1.74. The maximum absolute atomic E-state index is 4.65. The lowest BCUT2D eigenvalue weighted by Gasteiger charge is -2.10. The van der Waals surface area contributed by atoms with E-state index in [-0.39, 0.29) is 0 Å². The second kappa shape index (κ2) is 4.63. The fourth-order valence-corrected chi connectivity index (χ4v) is 2.23. The molecule has 1 saturated heterocycles. The van der Waals surface area contributed by atoms with Crippen molar-refractivity contribution in [2.24, 2.45) is 0 Å². The minimum atomic E-state index is 0.403. The minimum Gasteiger partial charge on any atom is -0.309 e. The van der Waals surface area contributed by atoms with Crippen LogP contribution in [-0.2, 0) is 0 Å². The second-order valence-electron chi connectivity index (χ2n) is 4.32. The molecule has 3 nitrogen and oxygen atoms in total. The highest BCUT2D eigenvalue weighted by Gasteiger charge is 2.17. The Labute approximate surface area is 101 Å². The number of hydrogen-bond donors (Lipinski definition) is 1. The summed E-state index contributed by atoms with van der Waals surface area (Å²) in [6.07, 6.45) is 4.26. The van der Waals surface area contributed by atoms with E-state index in [2.05, 4.69) is 15.3 Å². The van der Waals surface area contributed by atoms with Gasteiger partial charge in [-0.15, -0.1) is 0 Å². The van der Waals surface area contributed by atoms with E-state index in [1.54, 1.807) is 0 Å². The summed E-state index contributed by atoms with van der Waals surface area (Å²) in [5.74, 6) is 0.816. The zero-order valence-electron chi connectivity index (χ0n) is 9.63. The molecule has 1 aliphatic rings. The molecule has 0 saturated carbocycles. The Balaban J connectivity index is 1.94. The molecule has 0 unspecified atom stereocenters. The van der Waals surface area contributed by atoms with E-state index in [1.165, 1.54) is 12.8 Å². The van der Waals surface area contributed by atoms with Crippen molar-refractivity contribution in [2.45, 2.75) is 18.9 Å². The molecule has 1 aromatic heterocycles. The monoisotopic (exact) mass is 225 g/mol. The summed E-state index contributed by atoms with van der Waals surface area (Å²) in [4.78, 5) is 8.99. The molecule has 0 radical (unpaired) electrons. The molecule has 86 valence electrons. The van der Waals surface area contributed by atoms with Crippen molar-refractivity contribution in [3.05, 3.63) is 48.3 Å². The lowest BCUT2D eigenvalue weighted by Crippen LogP contribution is -2.14. The molecule has 1 atom stereocenters. The molecule has 1 aromatic carbocycles. The van der Waals surface area contributed by atoms with Crippen LogP contribution in [0.2, 0.25) is 0 Å². The SMILES string of the molecule is c1ccc(-c2nccc([C@H]3CCCN3)n2)cc1. The van der Waals surface area contributed by atoms with Crippen LogP contribution in [0.15, 0.2) is 42.6 Å². The van der Waals surface area contributed by atoms with Gasteiger partial charge >= 0.3 is 0 Å². The standard InChI is InChI=1S/C14H15N3/c1-2-5-11(6-3-1)14-16-10-8-13(17-14)12-7-4-9-15-12/h1-3,5-6,8,10,12,15H,4,7,9H2/t12-/m1/s1. The summed E-state index contributed by atoms with van der Waals surface area (Å²) in [6, 6.07) is 12.5. The predicted molar refractivity (Wildman–Crippen MR) is 67.4 cm³/mol. The van der Waals surface area contributed by atoms with E-state index >= 15 is 0 Å². The van der Waals surface area contributed by atoms with Crippen molar-refractivity contribution in [2.75, 3.05) is 6.54 Å². The highest BCUT2D eigenvalue weighted by Crippen LogP contribution is 2.22. The normalized spacial score (nSPS) is 19.4. The highest BCUT2D eigenvalue weighted by molar-refractivity contribution is 5.54. The van der Waals surface area contributed by atoms with Gasteiger partial charge in [-0.25, -0.2) is 9.97 Å². The number of nitrogens with one attached hydrogen (secondary N) is 1. The molecule has 2 heterocycles. The highest BCUT2D eigenvalue weighted by atomic mass is 15.0. The first-order valence-electron chi connectivity index (χ1n) is 6.05. The molecule has 17 heavy (non-hydrogen) atoms. The van der Waals surface area contributed by atoms with Gasteiger partial charge in [0, 0.05) is 17.8 Å². The van der Waals surface area contributed by atoms with Gasteiger partial charge < -0.3 is 5.32 Å². The molecule has 1 aliphatic heterocycles. The second-order valence-corrected chi connectivity index (χ2v) is 4.32. The summed E-state index contributed by atoms with van der Waals surface area (Å²) < 4.78 is 0. The summed E-state index contributed by atoms with van der Waals surface area (Å²) in [5.41, 5.74) is 2.18. The van der Waals surface area contributed by atoms with Gasteiger partial charge in [-0.2, -0.15) is 0 Å². The molecule has 3 rings (SSSR count). The first-order valence-corrected chi connectivity index (χ1v) is 6.05. The van der Waals surface area contributed by atoms with E-state index in [0.29, 0.717) is 6.04 Å². The molecule has 2 aromatic rings. The van der Waals surface area contributed by atoms with Crippen LogP contribution in [0.5, 0.6) is 0 Å². The Bertz CT molecular complexity index is 490. The number of rotatable bonds is 2. The topological polar surface area (TPSA) is 37.8 Å². The van der Waals surface area contributed by atoms with E-state index < -0.39 is 0 Å².